The van der Waals surface area contributed by atoms with Gasteiger partial charge in [-0.15, -0.1) is 0 Å². The molecule has 0 unspecified atom stereocenters. The van der Waals surface area contributed by atoms with E-state index in [1.54, 1.807) is 30.3 Å². The molecule has 0 saturated carbocycles. The van der Waals surface area contributed by atoms with E-state index in [1.165, 1.54) is 30.5 Å². The van der Waals surface area contributed by atoms with Crippen LogP contribution in [-0.2, 0) is 0 Å². The lowest BCUT2D eigenvalue weighted by molar-refractivity contribution is 0.255. The summed E-state index contributed by atoms with van der Waals surface area (Å²) in [6, 6.07) is 11.7. The van der Waals surface area contributed by atoms with Crippen LogP contribution in [0.4, 0.5) is 14.9 Å². The molecule has 0 spiro atoms. The minimum atomic E-state index is -0.436. The van der Waals surface area contributed by atoms with Crippen LogP contribution in [0.5, 0.6) is 5.75 Å². The Hall–Kier alpha value is -2.82. The van der Waals surface area contributed by atoms with E-state index in [9.17, 15) is 14.3 Å². The molecule has 2 amide bonds. The minimum absolute atomic E-state index is 0.0738. The molecule has 0 radical (unpaired) electrons. The molecule has 0 atom stereocenters. The zero-order valence-electron chi connectivity index (χ0n) is 10.5. The molecule has 102 valence electrons. The first-order valence-electron chi connectivity index (χ1n) is 5.92. The molecule has 2 rings (SSSR count). The van der Waals surface area contributed by atoms with Crippen LogP contribution >= 0.6 is 0 Å². The van der Waals surface area contributed by atoms with E-state index in [-0.39, 0.29) is 11.6 Å². The Morgan fingerprint density at radius 2 is 1.90 bits per heavy atom. The Kier molecular flexibility index (Phi) is 4.34. The first-order chi connectivity index (χ1) is 9.63. The zero-order valence-corrected chi connectivity index (χ0v) is 10.5. The van der Waals surface area contributed by atoms with Crippen molar-refractivity contribution in [2.24, 2.45) is 0 Å². The van der Waals surface area contributed by atoms with Gasteiger partial charge < -0.3 is 15.7 Å². The number of urea groups is 1. The Bertz CT molecular complexity index is 624. The molecule has 4 nitrogen and oxygen atoms in total. The highest BCUT2D eigenvalue weighted by Crippen LogP contribution is 2.14. The Morgan fingerprint density at radius 1 is 1.15 bits per heavy atom. The molecule has 0 fully saturated rings. The zero-order chi connectivity index (χ0) is 14.4. The van der Waals surface area contributed by atoms with Gasteiger partial charge in [0.25, 0.3) is 0 Å². The van der Waals surface area contributed by atoms with Crippen molar-refractivity contribution in [3.8, 4) is 5.75 Å². The Labute approximate surface area is 115 Å². The smallest absolute Gasteiger partial charge is 0.323 e. The number of carbonyl (C=O) groups is 1. The van der Waals surface area contributed by atoms with Crippen LogP contribution in [0.1, 0.15) is 5.56 Å². The number of hydrogen-bond acceptors (Lipinski definition) is 2. The lowest BCUT2D eigenvalue weighted by Crippen LogP contribution is -2.23. The molecular formula is C15H13FN2O2. The van der Waals surface area contributed by atoms with Crippen LogP contribution in [0.15, 0.2) is 54.7 Å². The van der Waals surface area contributed by atoms with Gasteiger partial charge in [0.05, 0.1) is 0 Å². The quantitative estimate of drug-likeness (QED) is 0.802. The highest BCUT2D eigenvalue weighted by molar-refractivity contribution is 5.90. The van der Waals surface area contributed by atoms with Crippen molar-refractivity contribution in [3.05, 3.63) is 66.1 Å². The van der Waals surface area contributed by atoms with Crippen LogP contribution < -0.4 is 10.6 Å². The van der Waals surface area contributed by atoms with Gasteiger partial charge in [-0.2, -0.15) is 0 Å². The lowest BCUT2D eigenvalue weighted by atomic mass is 10.2. The van der Waals surface area contributed by atoms with Gasteiger partial charge in [0.1, 0.15) is 11.6 Å². The molecule has 0 aromatic heterocycles. The van der Waals surface area contributed by atoms with Crippen molar-refractivity contribution in [3.63, 3.8) is 0 Å². The SMILES string of the molecule is O=C(N/C=C/c1ccc(F)cc1)Nc1cccc(O)c1. The standard InChI is InChI=1S/C15H13FN2O2/c16-12-6-4-11(5-7-12)8-9-17-15(20)18-13-2-1-3-14(19)10-13/h1-10,19H,(H2,17,18,20)/b9-8+. The van der Waals surface area contributed by atoms with Crippen molar-refractivity contribution in [2.45, 2.75) is 0 Å². The normalized spacial score (nSPS) is 10.4. The molecule has 0 saturated heterocycles. The highest BCUT2D eigenvalue weighted by atomic mass is 19.1. The number of nitrogens with one attached hydrogen (secondary N) is 2. The maximum atomic E-state index is 12.7. The second-order valence-corrected chi connectivity index (χ2v) is 4.03. The fraction of sp³-hybridized carbons (Fsp3) is 0. The van der Waals surface area contributed by atoms with Gasteiger partial charge in [0, 0.05) is 18.0 Å². The minimum Gasteiger partial charge on any atom is -0.508 e. The third kappa shape index (κ3) is 4.13. The molecule has 2 aromatic carbocycles. The van der Waals surface area contributed by atoms with Crippen molar-refractivity contribution in [1.29, 1.82) is 0 Å². The molecule has 5 heteroatoms. The number of carbonyl (C=O) groups excluding carboxylic acids is 1. The number of aromatic hydroxyl groups is 1. The summed E-state index contributed by atoms with van der Waals surface area (Å²) >= 11 is 0. The number of phenols is 1. The van der Waals surface area contributed by atoms with Gasteiger partial charge in [-0.3, -0.25) is 0 Å². The molecule has 0 aliphatic rings. The monoisotopic (exact) mass is 272 g/mol. The molecule has 3 N–H and O–H groups in total. The highest BCUT2D eigenvalue weighted by Gasteiger charge is 1.99. The third-order valence-electron chi connectivity index (χ3n) is 2.46. The van der Waals surface area contributed by atoms with Crippen molar-refractivity contribution in [1.82, 2.24) is 5.32 Å². The van der Waals surface area contributed by atoms with Gasteiger partial charge in [-0.05, 0) is 35.9 Å². The van der Waals surface area contributed by atoms with Gasteiger partial charge in [0.2, 0.25) is 0 Å². The topological polar surface area (TPSA) is 61.4 Å². The van der Waals surface area contributed by atoms with Gasteiger partial charge in [0.15, 0.2) is 0 Å². The molecule has 0 heterocycles. The van der Waals surface area contributed by atoms with E-state index in [0.29, 0.717) is 5.69 Å². The summed E-state index contributed by atoms with van der Waals surface area (Å²) in [4.78, 5) is 11.6. The molecule has 20 heavy (non-hydrogen) atoms. The molecular weight excluding hydrogens is 259 g/mol. The number of phenolic OH excluding ortho intramolecular Hbond substituents is 1. The summed E-state index contributed by atoms with van der Waals surface area (Å²) in [6.45, 7) is 0. The second kappa shape index (κ2) is 6.38. The van der Waals surface area contributed by atoms with Crippen LogP contribution in [0.2, 0.25) is 0 Å². The fourth-order valence-electron chi connectivity index (χ4n) is 1.54. The number of benzene rings is 2. The van der Waals surface area contributed by atoms with Crippen molar-refractivity contribution in [2.75, 3.05) is 5.32 Å². The van der Waals surface area contributed by atoms with Gasteiger partial charge >= 0.3 is 6.03 Å². The first kappa shape index (κ1) is 13.6. The number of anilines is 1. The Morgan fingerprint density at radius 3 is 2.60 bits per heavy atom. The summed E-state index contributed by atoms with van der Waals surface area (Å²) in [6.07, 6.45) is 3.09. The summed E-state index contributed by atoms with van der Waals surface area (Å²) in [5.41, 5.74) is 1.25. The van der Waals surface area contributed by atoms with Crippen molar-refractivity contribution >= 4 is 17.8 Å². The van der Waals surface area contributed by atoms with E-state index in [0.717, 1.165) is 5.56 Å². The predicted octanol–water partition coefficient (Wildman–Crippen LogP) is 3.32. The number of hydrogen-bond donors (Lipinski definition) is 3. The summed E-state index contributed by atoms with van der Waals surface area (Å²) in [5, 5.41) is 14.3. The van der Waals surface area contributed by atoms with E-state index in [1.807, 2.05) is 0 Å². The molecule has 0 aliphatic carbocycles. The van der Waals surface area contributed by atoms with Crippen LogP contribution in [0, 0.1) is 5.82 Å². The van der Waals surface area contributed by atoms with E-state index >= 15 is 0 Å². The van der Waals surface area contributed by atoms with Crippen molar-refractivity contribution < 1.29 is 14.3 Å². The summed E-state index contributed by atoms with van der Waals surface area (Å²) in [5.74, 6) is -0.235. The summed E-state index contributed by atoms with van der Waals surface area (Å²) < 4.78 is 12.7. The average Bonchev–Trinajstić information content (AvgIpc) is 2.41. The largest absolute Gasteiger partial charge is 0.508 e. The molecule has 0 aliphatic heterocycles. The second-order valence-electron chi connectivity index (χ2n) is 4.03. The maximum Gasteiger partial charge on any atom is 0.323 e. The van der Waals surface area contributed by atoms with Gasteiger partial charge in [-0.25, -0.2) is 9.18 Å². The van der Waals surface area contributed by atoms with Crippen LogP contribution in [-0.4, -0.2) is 11.1 Å². The number of halogens is 1. The lowest BCUT2D eigenvalue weighted by Gasteiger charge is -2.04. The predicted molar refractivity (Wildman–Crippen MR) is 75.7 cm³/mol. The van der Waals surface area contributed by atoms with Crippen LogP contribution in [0.25, 0.3) is 6.08 Å². The average molecular weight is 272 g/mol. The Balaban J connectivity index is 1.87. The summed E-state index contributed by atoms with van der Waals surface area (Å²) in [7, 11) is 0. The van der Waals surface area contributed by atoms with E-state index in [2.05, 4.69) is 10.6 Å². The fourth-order valence-corrected chi connectivity index (χ4v) is 1.54. The van der Waals surface area contributed by atoms with Crippen LogP contribution in [0.3, 0.4) is 0 Å². The van der Waals surface area contributed by atoms with Gasteiger partial charge in [-0.1, -0.05) is 18.2 Å². The number of rotatable bonds is 3. The molecule has 2 aromatic rings. The van der Waals surface area contributed by atoms with E-state index < -0.39 is 6.03 Å². The number of amides is 2. The molecule has 0 bridgehead atoms. The third-order valence-corrected chi connectivity index (χ3v) is 2.46. The maximum absolute atomic E-state index is 12.7. The van der Waals surface area contributed by atoms with E-state index in [4.69, 9.17) is 0 Å². The first-order valence-corrected chi connectivity index (χ1v) is 5.92.